The van der Waals surface area contributed by atoms with Crippen molar-refractivity contribution in [1.82, 2.24) is 4.72 Å². The first-order chi connectivity index (χ1) is 15.0. The molecule has 0 saturated carbocycles. The highest BCUT2D eigenvalue weighted by atomic mass is 32.2. The SMILES string of the molecule is N#Cc1cccc(NC(=O)CCc2ccc(S(=O)(=O)NCCc3ccccc3)cc2)c1. The Morgan fingerprint density at radius 2 is 1.58 bits per heavy atom. The second-order valence-corrected chi connectivity index (χ2v) is 8.79. The van der Waals surface area contributed by atoms with Gasteiger partial charge in [-0.3, -0.25) is 4.79 Å². The lowest BCUT2D eigenvalue weighted by Crippen LogP contribution is -2.26. The van der Waals surface area contributed by atoms with E-state index >= 15 is 0 Å². The van der Waals surface area contributed by atoms with Gasteiger partial charge < -0.3 is 5.32 Å². The third-order valence-corrected chi connectivity index (χ3v) is 6.18. The van der Waals surface area contributed by atoms with Gasteiger partial charge in [0.25, 0.3) is 0 Å². The van der Waals surface area contributed by atoms with Crippen LogP contribution in [0, 0.1) is 11.3 Å². The molecule has 2 N–H and O–H groups in total. The van der Waals surface area contributed by atoms with E-state index in [1.165, 1.54) is 0 Å². The first kappa shape index (κ1) is 22.2. The Labute approximate surface area is 182 Å². The number of rotatable bonds is 9. The molecule has 0 aliphatic heterocycles. The Morgan fingerprint density at radius 3 is 2.29 bits per heavy atom. The molecule has 0 radical (unpaired) electrons. The van der Waals surface area contributed by atoms with Crippen LogP contribution in [0.25, 0.3) is 0 Å². The zero-order chi connectivity index (χ0) is 22.1. The van der Waals surface area contributed by atoms with Crippen LogP contribution in [-0.2, 0) is 27.7 Å². The second-order valence-electron chi connectivity index (χ2n) is 7.02. The third-order valence-electron chi connectivity index (χ3n) is 4.70. The van der Waals surface area contributed by atoms with E-state index in [-0.39, 0.29) is 17.2 Å². The van der Waals surface area contributed by atoms with E-state index in [1.54, 1.807) is 48.5 Å². The molecule has 0 unspecified atom stereocenters. The van der Waals surface area contributed by atoms with Gasteiger partial charge in [0.1, 0.15) is 0 Å². The highest BCUT2D eigenvalue weighted by molar-refractivity contribution is 7.89. The Balaban J connectivity index is 1.49. The van der Waals surface area contributed by atoms with Crippen molar-refractivity contribution in [1.29, 1.82) is 5.26 Å². The van der Waals surface area contributed by atoms with Crippen molar-refractivity contribution in [3.63, 3.8) is 0 Å². The van der Waals surface area contributed by atoms with E-state index in [4.69, 9.17) is 5.26 Å². The summed E-state index contributed by atoms with van der Waals surface area (Å²) >= 11 is 0. The highest BCUT2D eigenvalue weighted by Gasteiger charge is 2.13. The summed E-state index contributed by atoms with van der Waals surface area (Å²) in [6.45, 7) is 0.321. The lowest BCUT2D eigenvalue weighted by molar-refractivity contribution is -0.116. The topological polar surface area (TPSA) is 99.1 Å². The molecule has 0 spiro atoms. The minimum Gasteiger partial charge on any atom is -0.326 e. The van der Waals surface area contributed by atoms with Crippen LogP contribution in [0.2, 0.25) is 0 Å². The number of amides is 1. The maximum Gasteiger partial charge on any atom is 0.240 e. The van der Waals surface area contributed by atoms with Gasteiger partial charge in [-0.2, -0.15) is 5.26 Å². The molecule has 0 bridgehead atoms. The normalized spacial score (nSPS) is 10.9. The summed E-state index contributed by atoms with van der Waals surface area (Å²) in [7, 11) is -3.58. The van der Waals surface area contributed by atoms with Crippen LogP contribution in [0.5, 0.6) is 0 Å². The molecule has 0 aliphatic carbocycles. The molecule has 3 aromatic carbocycles. The molecular formula is C24H23N3O3S. The molecule has 0 atom stereocenters. The summed E-state index contributed by atoms with van der Waals surface area (Å²) in [5, 5.41) is 11.7. The zero-order valence-electron chi connectivity index (χ0n) is 16.9. The molecule has 158 valence electrons. The van der Waals surface area contributed by atoms with Gasteiger partial charge in [-0.05, 0) is 54.3 Å². The fourth-order valence-corrected chi connectivity index (χ4v) is 4.07. The molecule has 31 heavy (non-hydrogen) atoms. The van der Waals surface area contributed by atoms with E-state index in [0.29, 0.717) is 30.6 Å². The van der Waals surface area contributed by atoms with Crippen molar-refractivity contribution < 1.29 is 13.2 Å². The van der Waals surface area contributed by atoms with Crippen molar-refractivity contribution in [3.8, 4) is 6.07 Å². The standard InChI is InChI=1S/C24H23N3O3S/c25-18-21-7-4-8-22(17-21)27-24(28)14-11-20-9-12-23(13-10-20)31(29,30)26-16-15-19-5-2-1-3-6-19/h1-10,12-13,17,26H,11,14-16H2,(H,27,28). The number of nitrogens with zero attached hydrogens (tertiary/aromatic N) is 1. The predicted octanol–water partition coefficient (Wildman–Crippen LogP) is 3.65. The maximum absolute atomic E-state index is 12.5. The molecule has 1 amide bonds. The number of carbonyl (C=O) groups is 1. The van der Waals surface area contributed by atoms with Crippen LogP contribution in [0.4, 0.5) is 5.69 Å². The summed E-state index contributed by atoms with van der Waals surface area (Å²) in [5.74, 6) is -0.172. The lowest BCUT2D eigenvalue weighted by Gasteiger charge is -2.08. The van der Waals surface area contributed by atoms with Crippen molar-refractivity contribution in [3.05, 3.63) is 95.6 Å². The molecule has 7 heteroatoms. The van der Waals surface area contributed by atoms with Crippen LogP contribution in [0.1, 0.15) is 23.1 Å². The number of carbonyl (C=O) groups excluding carboxylic acids is 1. The highest BCUT2D eigenvalue weighted by Crippen LogP contribution is 2.14. The number of hydrogen-bond acceptors (Lipinski definition) is 4. The van der Waals surface area contributed by atoms with Gasteiger partial charge in [0.05, 0.1) is 16.5 Å². The lowest BCUT2D eigenvalue weighted by atomic mass is 10.1. The fraction of sp³-hybridized carbons (Fsp3) is 0.167. The van der Waals surface area contributed by atoms with Gasteiger partial charge in [0, 0.05) is 18.7 Å². The van der Waals surface area contributed by atoms with E-state index < -0.39 is 10.0 Å². The number of anilines is 1. The summed E-state index contributed by atoms with van der Waals surface area (Å²) < 4.78 is 27.5. The fourth-order valence-electron chi connectivity index (χ4n) is 3.04. The van der Waals surface area contributed by atoms with E-state index in [9.17, 15) is 13.2 Å². The summed E-state index contributed by atoms with van der Waals surface area (Å²) in [6, 6.07) is 25.0. The minimum atomic E-state index is -3.58. The molecule has 3 rings (SSSR count). The number of sulfonamides is 1. The first-order valence-corrected chi connectivity index (χ1v) is 11.4. The number of aryl methyl sites for hydroxylation is 1. The van der Waals surface area contributed by atoms with Crippen molar-refractivity contribution in [2.75, 3.05) is 11.9 Å². The molecule has 0 saturated heterocycles. The Kier molecular flexibility index (Phi) is 7.55. The van der Waals surface area contributed by atoms with Gasteiger partial charge in [-0.25, -0.2) is 13.1 Å². The Hall–Kier alpha value is -3.47. The minimum absolute atomic E-state index is 0.172. The Bertz CT molecular complexity index is 1170. The van der Waals surface area contributed by atoms with Gasteiger partial charge >= 0.3 is 0 Å². The summed E-state index contributed by atoms with van der Waals surface area (Å²) in [6.07, 6.45) is 1.34. The third kappa shape index (κ3) is 6.78. The monoisotopic (exact) mass is 433 g/mol. The quantitative estimate of drug-likeness (QED) is 0.538. The molecule has 3 aromatic rings. The second kappa shape index (κ2) is 10.5. The van der Waals surface area contributed by atoms with Crippen molar-refractivity contribution in [2.45, 2.75) is 24.2 Å². The van der Waals surface area contributed by atoms with Gasteiger partial charge in [-0.1, -0.05) is 48.5 Å². The molecule has 0 heterocycles. The van der Waals surface area contributed by atoms with Crippen molar-refractivity contribution >= 4 is 21.6 Å². The van der Waals surface area contributed by atoms with E-state index in [2.05, 4.69) is 10.0 Å². The number of benzene rings is 3. The van der Waals surface area contributed by atoms with Crippen LogP contribution in [-0.4, -0.2) is 20.9 Å². The van der Waals surface area contributed by atoms with Gasteiger partial charge in [0.15, 0.2) is 0 Å². The number of nitriles is 1. The zero-order valence-corrected chi connectivity index (χ0v) is 17.7. The summed E-state index contributed by atoms with van der Waals surface area (Å²) in [5.41, 5.74) is 2.99. The molecular weight excluding hydrogens is 410 g/mol. The van der Waals surface area contributed by atoms with Crippen LogP contribution < -0.4 is 10.0 Å². The average molecular weight is 434 g/mol. The van der Waals surface area contributed by atoms with Crippen molar-refractivity contribution in [2.24, 2.45) is 0 Å². The van der Waals surface area contributed by atoms with E-state index in [1.807, 2.05) is 36.4 Å². The molecule has 0 fully saturated rings. The van der Waals surface area contributed by atoms with Gasteiger partial charge in [-0.15, -0.1) is 0 Å². The number of hydrogen-bond donors (Lipinski definition) is 2. The average Bonchev–Trinajstić information content (AvgIpc) is 2.79. The smallest absolute Gasteiger partial charge is 0.240 e. The first-order valence-electron chi connectivity index (χ1n) is 9.89. The Morgan fingerprint density at radius 1 is 0.871 bits per heavy atom. The van der Waals surface area contributed by atoms with Crippen LogP contribution in [0.3, 0.4) is 0 Å². The molecule has 0 aliphatic rings. The molecule has 6 nitrogen and oxygen atoms in total. The largest absolute Gasteiger partial charge is 0.326 e. The number of nitrogens with one attached hydrogen (secondary N) is 2. The predicted molar refractivity (Wildman–Crippen MR) is 120 cm³/mol. The van der Waals surface area contributed by atoms with Crippen LogP contribution >= 0.6 is 0 Å². The summed E-state index contributed by atoms with van der Waals surface area (Å²) in [4.78, 5) is 12.3. The maximum atomic E-state index is 12.5. The van der Waals surface area contributed by atoms with Crippen LogP contribution in [0.15, 0.2) is 83.8 Å². The molecule has 0 aromatic heterocycles. The van der Waals surface area contributed by atoms with Gasteiger partial charge in [0.2, 0.25) is 15.9 Å². The van der Waals surface area contributed by atoms with E-state index in [0.717, 1.165) is 11.1 Å².